The summed E-state index contributed by atoms with van der Waals surface area (Å²) in [6, 6.07) is 28.7. The Balaban J connectivity index is 1.09. The molecule has 1 aliphatic rings. The summed E-state index contributed by atoms with van der Waals surface area (Å²) in [6.45, 7) is 4.50. The van der Waals surface area contributed by atoms with Crippen molar-refractivity contribution in [2.24, 2.45) is 0 Å². The fourth-order valence-electron chi connectivity index (χ4n) is 4.64. The first-order chi connectivity index (χ1) is 18.1. The smallest absolute Gasteiger partial charge is 0.253 e. The number of thiophene rings is 1. The number of hydrogen-bond acceptors (Lipinski definition) is 4. The summed E-state index contributed by atoms with van der Waals surface area (Å²) < 4.78 is 0. The molecule has 0 bridgehead atoms. The zero-order valence-electron chi connectivity index (χ0n) is 20.8. The Kier molecular flexibility index (Phi) is 8.08. The lowest BCUT2D eigenvalue weighted by Crippen LogP contribution is -2.48. The van der Waals surface area contributed by atoms with E-state index >= 15 is 0 Å². The monoisotopic (exact) mass is 509 g/mol. The lowest BCUT2D eigenvalue weighted by molar-refractivity contribution is -0.120. The van der Waals surface area contributed by atoms with Gasteiger partial charge in [0.05, 0.1) is 6.42 Å². The van der Waals surface area contributed by atoms with Crippen LogP contribution in [0.5, 0.6) is 0 Å². The van der Waals surface area contributed by atoms with Gasteiger partial charge in [-0.05, 0) is 62.8 Å². The van der Waals surface area contributed by atoms with Gasteiger partial charge >= 0.3 is 0 Å². The average molecular weight is 510 g/mol. The standard InChI is InChI=1S/C31H31N3O2S/c35-30(20-26-13-18-37-23-26)32-21-24-9-11-28(12-10-24)31(36)34-16-14-33(15-17-34)22-25-5-4-8-29(19-25)27-6-2-1-3-7-27/h1-13,18-19,23H,14-17,20-22H2,(H,32,35). The molecule has 1 fully saturated rings. The van der Waals surface area contributed by atoms with Crippen molar-refractivity contribution in [3.05, 3.63) is 118 Å². The Bertz CT molecular complexity index is 1310. The summed E-state index contributed by atoms with van der Waals surface area (Å²) >= 11 is 1.59. The molecular formula is C31H31N3O2S. The van der Waals surface area contributed by atoms with Crippen molar-refractivity contribution in [1.82, 2.24) is 15.1 Å². The molecule has 5 nitrogen and oxygen atoms in total. The first-order valence-corrected chi connectivity index (χ1v) is 13.6. The molecule has 5 rings (SSSR count). The topological polar surface area (TPSA) is 52.7 Å². The Hall–Kier alpha value is -3.74. The molecule has 0 unspecified atom stereocenters. The minimum absolute atomic E-state index is 0.00298. The van der Waals surface area contributed by atoms with Gasteiger partial charge in [-0.3, -0.25) is 14.5 Å². The third kappa shape index (κ3) is 6.73. The number of nitrogens with one attached hydrogen (secondary N) is 1. The summed E-state index contributed by atoms with van der Waals surface area (Å²) in [5.41, 5.74) is 6.46. The molecule has 2 amide bonds. The molecule has 0 atom stereocenters. The Labute approximate surface area is 222 Å². The predicted molar refractivity (Wildman–Crippen MR) is 149 cm³/mol. The predicted octanol–water partition coefficient (Wildman–Crippen LogP) is 5.23. The molecule has 1 saturated heterocycles. The molecule has 37 heavy (non-hydrogen) atoms. The van der Waals surface area contributed by atoms with Crippen LogP contribution >= 0.6 is 11.3 Å². The molecule has 0 spiro atoms. The highest BCUT2D eigenvalue weighted by Gasteiger charge is 2.22. The van der Waals surface area contributed by atoms with Crippen LogP contribution in [0.2, 0.25) is 0 Å². The van der Waals surface area contributed by atoms with Gasteiger partial charge in [0.15, 0.2) is 0 Å². The second-order valence-corrected chi connectivity index (χ2v) is 10.2. The van der Waals surface area contributed by atoms with Gasteiger partial charge in [0, 0.05) is 44.8 Å². The van der Waals surface area contributed by atoms with E-state index < -0.39 is 0 Å². The lowest BCUT2D eigenvalue weighted by atomic mass is 10.0. The molecular weight excluding hydrogens is 478 g/mol. The molecule has 0 aliphatic carbocycles. The number of piperazine rings is 1. The van der Waals surface area contributed by atoms with E-state index in [0.29, 0.717) is 18.5 Å². The van der Waals surface area contributed by atoms with E-state index in [9.17, 15) is 9.59 Å². The van der Waals surface area contributed by atoms with Gasteiger partial charge < -0.3 is 10.2 Å². The van der Waals surface area contributed by atoms with Gasteiger partial charge in [0.25, 0.3) is 5.91 Å². The normalized spacial score (nSPS) is 13.9. The number of carbonyl (C=O) groups excluding carboxylic acids is 2. The van der Waals surface area contributed by atoms with Crippen LogP contribution in [0, 0.1) is 0 Å². The molecule has 1 aromatic heterocycles. The van der Waals surface area contributed by atoms with Crippen molar-refractivity contribution >= 4 is 23.2 Å². The van der Waals surface area contributed by atoms with Crippen molar-refractivity contribution in [1.29, 1.82) is 0 Å². The summed E-state index contributed by atoms with van der Waals surface area (Å²) in [5, 5.41) is 6.92. The van der Waals surface area contributed by atoms with Crippen molar-refractivity contribution in [2.75, 3.05) is 26.2 Å². The van der Waals surface area contributed by atoms with Gasteiger partial charge in [-0.25, -0.2) is 0 Å². The molecule has 188 valence electrons. The van der Waals surface area contributed by atoms with Crippen LogP contribution in [0.3, 0.4) is 0 Å². The van der Waals surface area contributed by atoms with Crippen LogP contribution in [-0.2, 0) is 24.3 Å². The van der Waals surface area contributed by atoms with Crippen LogP contribution in [0.25, 0.3) is 11.1 Å². The van der Waals surface area contributed by atoms with Gasteiger partial charge in [0.1, 0.15) is 0 Å². The van der Waals surface area contributed by atoms with E-state index in [0.717, 1.165) is 43.9 Å². The van der Waals surface area contributed by atoms with E-state index in [1.54, 1.807) is 11.3 Å². The quantitative estimate of drug-likeness (QED) is 0.354. The van der Waals surface area contributed by atoms with Gasteiger partial charge in [0.2, 0.25) is 5.91 Å². The number of carbonyl (C=O) groups is 2. The largest absolute Gasteiger partial charge is 0.352 e. The highest BCUT2D eigenvalue weighted by atomic mass is 32.1. The van der Waals surface area contributed by atoms with Crippen molar-refractivity contribution in [2.45, 2.75) is 19.5 Å². The van der Waals surface area contributed by atoms with E-state index in [2.05, 4.69) is 58.7 Å². The Morgan fingerprint density at radius 3 is 2.24 bits per heavy atom. The van der Waals surface area contributed by atoms with Crippen molar-refractivity contribution in [3.8, 4) is 11.1 Å². The maximum Gasteiger partial charge on any atom is 0.253 e. The van der Waals surface area contributed by atoms with Crippen LogP contribution in [-0.4, -0.2) is 47.8 Å². The molecule has 6 heteroatoms. The van der Waals surface area contributed by atoms with Gasteiger partial charge in [-0.15, -0.1) is 0 Å². The van der Waals surface area contributed by atoms with Crippen molar-refractivity contribution < 1.29 is 9.59 Å². The van der Waals surface area contributed by atoms with E-state index in [-0.39, 0.29) is 11.8 Å². The zero-order valence-corrected chi connectivity index (χ0v) is 21.6. The summed E-state index contributed by atoms with van der Waals surface area (Å²) in [6.07, 6.45) is 0.393. The summed E-state index contributed by atoms with van der Waals surface area (Å²) in [5.74, 6) is 0.0713. The van der Waals surface area contributed by atoms with E-state index in [1.165, 1.54) is 16.7 Å². The molecule has 1 N–H and O–H groups in total. The number of rotatable bonds is 8. The highest BCUT2D eigenvalue weighted by molar-refractivity contribution is 7.08. The van der Waals surface area contributed by atoms with Crippen molar-refractivity contribution in [3.63, 3.8) is 0 Å². The molecule has 3 aromatic carbocycles. The highest BCUT2D eigenvalue weighted by Crippen LogP contribution is 2.21. The summed E-state index contributed by atoms with van der Waals surface area (Å²) in [7, 11) is 0. The molecule has 4 aromatic rings. The molecule has 0 saturated carbocycles. The SMILES string of the molecule is O=C(Cc1ccsc1)NCc1ccc(C(=O)N2CCN(Cc3cccc(-c4ccccc4)c3)CC2)cc1. The van der Waals surface area contributed by atoms with Gasteiger partial charge in [-0.1, -0.05) is 60.7 Å². The molecule has 0 radical (unpaired) electrons. The second kappa shape index (κ2) is 12.0. The number of hydrogen-bond donors (Lipinski definition) is 1. The third-order valence-electron chi connectivity index (χ3n) is 6.74. The fourth-order valence-corrected chi connectivity index (χ4v) is 5.31. The number of nitrogens with zero attached hydrogens (tertiary/aromatic N) is 2. The average Bonchev–Trinajstić information content (AvgIpc) is 3.46. The fraction of sp³-hybridized carbons (Fsp3) is 0.226. The maximum absolute atomic E-state index is 13.1. The minimum atomic E-state index is 0.00298. The molecule has 1 aliphatic heterocycles. The van der Waals surface area contributed by atoms with Gasteiger partial charge in [-0.2, -0.15) is 11.3 Å². The third-order valence-corrected chi connectivity index (χ3v) is 7.47. The summed E-state index contributed by atoms with van der Waals surface area (Å²) in [4.78, 5) is 29.5. The maximum atomic E-state index is 13.1. The van der Waals surface area contributed by atoms with Crippen LogP contribution in [0.15, 0.2) is 95.7 Å². The number of benzene rings is 3. The van der Waals surface area contributed by atoms with E-state index in [4.69, 9.17) is 0 Å². The first kappa shape index (κ1) is 24.9. The first-order valence-electron chi connectivity index (χ1n) is 12.7. The zero-order chi connectivity index (χ0) is 25.5. The second-order valence-electron chi connectivity index (χ2n) is 9.42. The van der Waals surface area contributed by atoms with E-state index in [1.807, 2.05) is 52.1 Å². The number of amides is 2. The van der Waals surface area contributed by atoms with Crippen LogP contribution in [0.1, 0.15) is 27.0 Å². The van der Waals surface area contributed by atoms with Crippen LogP contribution < -0.4 is 5.32 Å². The minimum Gasteiger partial charge on any atom is -0.352 e. The Morgan fingerprint density at radius 1 is 0.757 bits per heavy atom. The Morgan fingerprint density at radius 2 is 1.51 bits per heavy atom. The van der Waals surface area contributed by atoms with Crippen LogP contribution in [0.4, 0.5) is 0 Å². The molecule has 2 heterocycles. The lowest BCUT2D eigenvalue weighted by Gasteiger charge is -2.35.